The fraction of sp³-hybridized carbons (Fsp3) is 0.333. The molecule has 2 heterocycles. The van der Waals surface area contributed by atoms with Crippen LogP contribution in [0.25, 0.3) is 10.9 Å². The van der Waals surface area contributed by atoms with E-state index in [9.17, 15) is 4.79 Å². The average Bonchev–Trinajstić information content (AvgIpc) is 2.60. The Morgan fingerprint density at radius 1 is 1.12 bits per heavy atom. The Morgan fingerprint density at radius 3 is 2.62 bits per heavy atom. The Labute approximate surface area is 150 Å². The van der Waals surface area contributed by atoms with Crippen molar-refractivity contribution in [3.63, 3.8) is 0 Å². The third-order valence-electron chi connectivity index (χ3n) is 4.11. The predicted molar refractivity (Wildman–Crippen MR) is 99.3 cm³/mol. The number of methoxy groups -OCH3 is 2. The summed E-state index contributed by atoms with van der Waals surface area (Å²) in [4.78, 5) is 28.4. The van der Waals surface area contributed by atoms with E-state index in [0.717, 1.165) is 11.1 Å². The molecule has 0 radical (unpaired) electrons. The van der Waals surface area contributed by atoms with Crippen LogP contribution in [0.2, 0.25) is 0 Å². The molecule has 8 heteroatoms. The van der Waals surface area contributed by atoms with Gasteiger partial charge in [-0.3, -0.25) is 15.1 Å². The molecule has 0 spiro atoms. The maximum absolute atomic E-state index is 12.3. The topological polar surface area (TPSA) is 102 Å². The Bertz CT molecular complexity index is 1000. The van der Waals surface area contributed by atoms with E-state index in [1.807, 2.05) is 25.1 Å². The summed E-state index contributed by atoms with van der Waals surface area (Å²) >= 11 is 0. The maximum Gasteiger partial charge on any atom is 0.255 e. The molecule has 1 aromatic carbocycles. The van der Waals surface area contributed by atoms with Crippen molar-refractivity contribution in [2.75, 3.05) is 26.1 Å². The first kappa shape index (κ1) is 17.8. The van der Waals surface area contributed by atoms with Gasteiger partial charge in [-0.1, -0.05) is 12.1 Å². The minimum Gasteiger partial charge on any atom is -0.494 e. The van der Waals surface area contributed by atoms with Gasteiger partial charge in [0.25, 0.3) is 5.56 Å². The van der Waals surface area contributed by atoms with Crippen molar-refractivity contribution < 1.29 is 9.47 Å². The molecule has 0 aliphatic heterocycles. The van der Waals surface area contributed by atoms with Crippen LogP contribution in [-0.2, 0) is 11.2 Å². The molecule has 0 fully saturated rings. The van der Waals surface area contributed by atoms with E-state index in [-0.39, 0.29) is 5.56 Å². The van der Waals surface area contributed by atoms with Gasteiger partial charge in [0.05, 0.1) is 25.1 Å². The first-order valence-corrected chi connectivity index (χ1v) is 8.20. The Balaban J connectivity index is 1.98. The number of fused-ring (bicyclic) bond motifs is 1. The lowest BCUT2D eigenvalue weighted by atomic mass is 10.2. The summed E-state index contributed by atoms with van der Waals surface area (Å²) in [6.07, 6.45) is 0.508. The summed E-state index contributed by atoms with van der Waals surface area (Å²) in [6.45, 7) is 4.15. The fourth-order valence-corrected chi connectivity index (χ4v) is 2.77. The molecule has 0 aliphatic carbocycles. The highest BCUT2D eigenvalue weighted by atomic mass is 16.5. The van der Waals surface area contributed by atoms with Gasteiger partial charge in [0.1, 0.15) is 11.3 Å². The van der Waals surface area contributed by atoms with Gasteiger partial charge in [0, 0.05) is 24.5 Å². The number of aromatic nitrogens is 4. The van der Waals surface area contributed by atoms with Crippen LogP contribution in [0, 0.1) is 13.8 Å². The zero-order chi connectivity index (χ0) is 18.7. The van der Waals surface area contributed by atoms with Crippen LogP contribution in [0.1, 0.15) is 17.0 Å². The number of hydrogen-bond donors (Lipinski definition) is 2. The number of para-hydroxylation sites is 1. The number of rotatable bonds is 6. The van der Waals surface area contributed by atoms with Crippen LogP contribution in [-0.4, -0.2) is 40.8 Å². The number of benzene rings is 1. The van der Waals surface area contributed by atoms with Crippen molar-refractivity contribution in [3.05, 3.63) is 45.5 Å². The number of nitrogens with one attached hydrogen (secondary N) is 2. The number of H-pyrrole nitrogens is 1. The van der Waals surface area contributed by atoms with Gasteiger partial charge in [-0.15, -0.1) is 0 Å². The average molecular weight is 355 g/mol. The molecule has 3 aromatic rings. The van der Waals surface area contributed by atoms with Crippen molar-refractivity contribution in [2.24, 2.45) is 0 Å². The molecule has 0 saturated carbocycles. The van der Waals surface area contributed by atoms with E-state index >= 15 is 0 Å². The number of aryl methyl sites for hydroxylation is 2. The molecule has 8 nitrogen and oxygen atoms in total. The summed E-state index contributed by atoms with van der Waals surface area (Å²) in [7, 11) is 3.20. The zero-order valence-corrected chi connectivity index (χ0v) is 15.2. The van der Waals surface area contributed by atoms with Crippen LogP contribution >= 0.6 is 0 Å². The summed E-state index contributed by atoms with van der Waals surface area (Å²) in [6, 6.07) is 5.67. The number of nitrogens with zero attached hydrogens (tertiary/aromatic N) is 3. The van der Waals surface area contributed by atoms with Gasteiger partial charge in [0.2, 0.25) is 11.9 Å². The normalized spacial score (nSPS) is 10.9. The van der Waals surface area contributed by atoms with E-state index in [2.05, 4.69) is 25.3 Å². The highest BCUT2D eigenvalue weighted by Crippen LogP contribution is 2.26. The lowest BCUT2D eigenvalue weighted by molar-refractivity contribution is 0.202. The smallest absolute Gasteiger partial charge is 0.255 e. The molecule has 3 rings (SSSR count). The van der Waals surface area contributed by atoms with Crippen LogP contribution < -0.4 is 15.6 Å². The highest BCUT2D eigenvalue weighted by Gasteiger charge is 2.12. The predicted octanol–water partition coefficient (Wildman–Crippen LogP) is 2.27. The molecule has 26 heavy (non-hydrogen) atoms. The van der Waals surface area contributed by atoms with Gasteiger partial charge < -0.3 is 9.47 Å². The molecular formula is C18H21N5O3. The lowest BCUT2D eigenvalue weighted by Gasteiger charge is -2.11. The Morgan fingerprint density at radius 2 is 1.92 bits per heavy atom. The van der Waals surface area contributed by atoms with Crippen LogP contribution in [0.5, 0.6) is 5.75 Å². The van der Waals surface area contributed by atoms with Gasteiger partial charge in [-0.25, -0.2) is 15.0 Å². The molecule has 136 valence electrons. The summed E-state index contributed by atoms with van der Waals surface area (Å²) in [5, 5.41) is 3.88. The molecule has 0 unspecified atom stereocenters. The second-order valence-corrected chi connectivity index (χ2v) is 5.84. The molecule has 0 saturated heterocycles. The summed E-state index contributed by atoms with van der Waals surface area (Å²) in [5.74, 6) is 1.29. The molecule has 2 aromatic heterocycles. The van der Waals surface area contributed by atoms with Crippen molar-refractivity contribution in [1.29, 1.82) is 0 Å². The third kappa shape index (κ3) is 3.50. The van der Waals surface area contributed by atoms with Crippen molar-refractivity contribution in [3.8, 4) is 5.75 Å². The van der Waals surface area contributed by atoms with Crippen LogP contribution in [0.15, 0.2) is 23.0 Å². The number of anilines is 2. The van der Waals surface area contributed by atoms with Crippen molar-refractivity contribution >= 4 is 22.8 Å². The first-order chi connectivity index (χ1) is 12.5. The minimum atomic E-state index is -0.202. The van der Waals surface area contributed by atoms with Gasteiger partial charge in [0.15, 0.2) is 0 Å². The Hall–Kier alpha value is -3.00. The second-order valence-electron chi connectivity index (χ2n) is 5.84. The second kappa shape index (κ2) is 7.49. The standard InChI is InChI=1S/C18H21N5O3/c1-10-12-6-5-7-14(26-4)15(12)21-17(19-10)23-18-20-11(2)13(8-9-25-3)16(24)22-18/h5-7H,8-9H2,1-4H3,(H2,19,20,21,22,23,24). The van der Waals surface area contributed by atoms with Crippen LogP contribution in [0.3, 0.4) is 0 Å². The van der Waals surface area contributed by atoms with Crippen molar-refractivity contribution in [1.82, 2.24) is 19.9 Å². The fourth-order valence-electron chi connectivity index (χ4n) is 2.77. The van der Waals surface area contributed by atoms with E-state index < -0.39 is 0 Å². The monoisotopic (exact) mass is 355 g/mol. The van der Waals surface area contributed by atoms with Gasteiger partial charge in [-0.05, 0) is 19.9 Å². The minimum absolute atomic E-state index is 0.202. The van der Waals surface area contributed by atoms with E-state index in [0.29, 0.717) is 47.4 Å². The molecule has 0 atom stereocenters. The first-order valence-electron chi connectivity index (χ1n) is 8.20. The van der Waals surface area contributed by atoms with E-state index in [1.165, 1.54) is 0 Å². The number of ether oxygens (including phenoxy) is 2. The quantitative estimate of drug-likeness (QED) is 0.699. The molecule has 0 amide bonds. The summed E-state index contributed by atoms with van der Waals surface area (Å²) in [5.41, 5.74) is 2.54. The Kier molecular flexibility index (Phi) is 5.13. The van der Waals surface area contributed by atoms with Gasteiger partial charge in [-0.2, -0.15) is 0 Å². The molecule has 0 aliphatic rings. The summed E-state index contributed by atoms with van der Waals surface area (Å²) < 4.78 is 10.4. The third-order valence-corrected chi connectivity index (χ3v) is 4.11. The van der Waals surface area contributed by atoms with E-state index in [4.69, 9.17) is 9.47 Å². The number of hydrogen-bond acceptors (Lipinski definition) is 7. The van der Waals surface area contributed by atoms with Crippen molar-refractivity contribution in [2.45, 2.75) is 20.3 Å². The van der Waals surface area contributed by atoms with E-state index in [1.54, 1.807) is 21.1 Å². The lowest BCUT2D eigenvalue weighted by Crippen LogP contribution is -2.20. The van der Waals surface area contributed by atoms with Crippen LogP contribution in [0.4, 0.5) is 11.9 Å². The molecule has 2 N–H and O–H groups in total. The van der Waals surface area contributed by atoms with Gasteiger partial charge >= 0.3 is 0 Å². The highest BCUT2D eigenvalue weighted by molar-refractivity contribution is 5.87. The molecular weight excluding hydrogens is 334 g/mol. The maximum atomic E-state index is 12.3. The molecule has 0 bridgehead atoms. The largest absolute Gasteiger partial charge is 0.494 e. The zero-order valence-electron chi connectivity index (χ0n) is 15.2. The number of aromatic amines is 1. The SMILES string of the molecule is COCCc1c(C)nc(Nc2nc(C)c3cccc(OC)c3n2)[nH]c1=O.